The molecule has 34 heavy (non-hydrogen) atoms. The summed E-state index contributed by atoms with van der Waals surface area (Å²) in [7, 11) is 0. The minimum Gasteiger partial charge on any atom is -0.388 e. The summed E-state index contributed by atoms with van der Waals surface area (Å²) in [5, 5.41) is 21.6. The van der Waals surface area contributed by atoms with Crippen LogP contribution in [0, 0.1) is 11.3 Å². The van der Waals surface area contributed by atoms with Crippen LogP contribution in [0.25, 0.3) is 0 Å². The average Bonchev–Trinajstić information content (AvgIpc) is 3.64. The number of hydrogen-bond donors (Lipinski definition) is 3. The van der Waals surface area contributed by atoms with Gasteiger partial charge in [-0.15, -0.1) is 0 Å². The lowest BCUT2D eigenvalue weighted by Gasteiger charge is -2.36. The largest absolute Gasteiger partial charge is 0.388 e. The van der Waals surface area contributed by atoms with E-state index in [1.54, 1.807) is 4.90 Å². The van der Waals surface area contributed by atoms with Crippen LogP contribution >= 0.6 is 0 Å². The number of aliphatic hydroxyl groups is 1. The fraction of sp³-hybridized carbons (Fsp3) is 0.538. The summed E-state index contributed by atoms with van der Waals surface area (Å²) in [4.78, 5) is 29.7. The molecule has 3 N–H and O–H groups in total. The molecule has 1 amide bonds. The number of amides is 1. The maximum atomic E-state index is 12.9. The van der Waals surface area contributed by atoms with Gasteiger partial charge in [0.1, 0.15) is 11.4 Å². The van der Waals surface area contributed by atoms with Gasteiger partial charge in [-0.25, -0.2) is 4.98 Å². The molecule has 1 aliphatic carbocycles. The summed E-state index contributed by atoms with van der Waals surface area (Å²) >= 11 is 0. The molecular formula is C26H37N5O3. The number of aromatic nitrogens is 2. The monoisotopic (exact) mass is 467 g/mol. The molecule has 1 saturated heterocycles. The SMILES string of the molecule is CC1CC1.CCC(C)c1ccc(Nc2ncn(CC3(O)CCN(C=O)CC3)c(=O)c2C=N)cc1. The Balaban J connectivity index is 0.000000732. The number of anilines is 2. The second-order valence-electron chi connectivity index (χ2n) is 9.69. The smallest absolute Gasteiger partial charge is 0.264 e. The van der Waals surface area contributed by atoms with E-state index in [-0.39, 0.29) is 17.7 Å². The van der Waals surface area contributed by atoms with Crippen molar-refractivity contribution in [2.45, 2.75) is 70.9 Å². The number of likely N-dealkylation sites (tertiary alicyclic amines) is 1. The predicted octanol–water partition coefficient (Wildman–Crippen LogP) is 3.90. The first-order valence-corrected chi connectivity index (χ1v) is 12.2. The zero-order valence-electron chi connectivity index (χ0n) is 20.5. The first-order valence-electron chi connectivity index (χ1n) is 12.2. The van der Waals surface area contributed by atoms with E-state index in [0.717, 1.165) is 30.7 Å². The molecule has 184 valence electrons. The van der Waals surface area contributed by atoms with Gasteiger partial charge in [-0.05, 0) is 48.8 Å². The maximum absolute atomic E-state index is 12.9. The first-order chi connectivity index (χ1) is 16.3. The highest BCUT2D eigenvalue weighted by molar-refractivity contribution is 5.85. The molecule has 1 unspecified atom stereocenters. The first kappa shape index (κ1) is 25.6. The van der Waals surface area contributed by atoms with Crippen molar-refractivity contribution in [2.24, 2.45) is 5.92 Å². The van der Waals surface area contributed by atoms with Crippen LogP contribution in [0.2, 0.25) is 0 Å². The van der Waals surface area contributed by atoms with E-state index in [1.165, 1.54) is 29.3 Å². The number of rotatable bonds is 8. The van der Waals surface area contributed by atoms with Crippen LogP contribution < -0.4 is 10.9 Å². The third-order valence-electron chi connectivity index (χ3n) is 6.78. The van der Waals surface area contributed by atoms with Gasteiger partial charge in [0.2, 0.25) is 6.41 Å². The van der Waals surface area contributed by atoms with Crippen molar-refractivity contribution in [3.63, 3.8) is 0 Å². The van der Waals surface area contributed by atoms with Gasteiger partial charge in [-0.1, -0.05) is 45.7 Å². The molecule has 8 nitrogen and oxygen atoms in total. The van der Waals surface area contributed by atoms with Crippen molar-refractivity contribution < 1.29 is 9.90 Å². The van der Waals surface area contributed by atoms with Gasteiger partial charge in [-0.2, -0.15) is 0 Å². The molecule has 2 heterocycles. The molecule has 2 aromatic rings. The third-order valence-corrected chi connectivity index (χ3v) is 6.78. The molecule has 2 fully saturated rings. The number of nitrogens with zero attached hydrogens (tertiary/aromatic N) is 3. The highest BCUT2D eigenvalue weighted by atomic mass is 16.3. The molecule has 1 aromatic carbocycles. The molecule has 4 rings (SSSR count). The molecule has 0 radical (unpaired) electrons. The van der Waals surface area contributed by atoms with Crippen molar-refractivity contribution in [1.82, 2.24) is 14.5 Å². The maximum Gasteiger partial charge on any atom is 0.264 e. The average molecular weight is 468 g/mol. The summed E-state index contributed by atoms with van der Waals surface area (Å²) < 4.78 is 1.34. The van der Waals surface area contributed by atoms with Crippen molar-refractivity contribution >= 4 is 24.1 Å². The molecule has 1 aromatic heterocycles. The summed E-state index contributed by atoms with van der Waals surface area (Å²) in [5.74, 6) is 1.87. The molecule has 0 bridgehead atoms. The van der Waals surface area contributed by atoms with E-state index < -0.39 is 5.60 Å². The van der Waals surface area contributed by atoms with Crippen LogP contribution in [-0.4, -0.2) is 50.9 Å². The second-order valence-corrected chi connectivity index (χ2v) is 9.69. The Morgan fingerprint density at radius 2 is 1.88 bits per heavy atom. The quantitative estimate of drug-likeness (QED) is 0.403. The number of carbonyl (C=O) groups is 1. The minimum atomic E-state index is -1.08. The number of hydrogen-bond acceptors (Lipinski definition) is 6. The van der Waals surface area contributed by atoms with Crippen molar-refractivity contribution in [2.75, 3.05) is 18.4 Å². The minimum absolute atomic E-state index is 0.0796. The van der Waals surface area contributed by atoms with Gasteiger partial charge in [0.25, 0.3) is 5.56 Å². The lowest BCUT2D eigenvalue weighted by atomic mass is 9.91. The van der Waals surface area contributed by atoms with E-state index in [4.69, 9.17) is 5.41 Å². The van der Waals surface area contributed by atoms with E-state index >= 15 is 0 Å². The summed E-state index contributed by atoms with van der Waals surface area (Å²) in [5.41, 5.74) is 0.704. The molecule has 1 aliphatic heterocycles. The number of nitrogens with one attached hydrogen (secondary N) is 2. The van der Waals surface area contributed by atoms with Crippen molar-refractivity contribution in [1.29, 1.82) is 5.41 Å². The lowest BCUT2D eigenvalue weighted by molar-refractivity contribution is -0.122. The molecular weight excluding hydrogens is 430 g/mol. The fourth-order valence-corrected chi connectivity index (χ4v) is 3.80. The fourth-order valence-electron chi connectivity index (χ4n) is 3.80. The Hall–Kier alpha value is -3.00. The summed E-state index contributed by atoms with van der Waals surface area (Å²) in [6, 6.07) is 7.96. The molecule has 1 atom stereocenters. The summed E-state index contributed by atoms with van der Waals surface area (Å²) in [6.45, 7) is 7.58. The Bertz CT molecular complexity index is 1020. The molecule has 0 spiro atoms. The van der Waals surface area contributed by atoms with E-state index in [1.807, 2.05) is 24.3 Å². The Morgan fingerprint density at radius 1 is 1.26 bits per heavy atom. The number of carbonyl (C=O) groups excluding carboxylic acids is 1. The van der Waals surface area contributed by atoms with Crippen molar-refractivity contribution in [3.8, 4) is 0 Å². The Kier molecular flexibility index (Phi) is 8.61. The topological polar surface area (TPSA) is 111 Å². The Labute approximate surface area is 201 Å². The van der Waals surface area contributed by atoms with Crippen LogP contribution in [0.4, 0.5) is 11.5 Å². The molecule has 8 heteroatoms. The number of benzene rings is 1. The van der Waals surface area contributed by atoms with Crippen LogP contribution in [-0.2, 0) is 11.3 Å². The molecule has 1 saturated carbocycles. The van der Waals surface area contributed by atoms with Gasteiger partial charge in [0.15, 0.2) is 0 Å². The van der Waals surface area contributed by atoms with Crippen molar-refractivity contribution in [3.05, 3.63) is 52.1 Å². The zero-order valence-corrected chi connectivity index (χ0v) is 20.5. The molecule has 2 aliphatic rings. The van der Waals surface area contributed by atoms with Gasteiger partial charge < -0.3 is 20.7 Å². The highest BCUT2D eigenvalue weighted by Crippen LogP contribution is 2.27. The predicted molar refractivity (Wildman–Crippen MR) is 135 cm³/mol. The summed E-state index contributed by atoms with van der Waals surface area (Å²) in [6.07, 6.45) is 7.97. The van der Waals surface area contributed by atoms with E-state index in [2.05, 4.69) is 31.1 Å². The van der Waals surface area contributed by atoms with Crippen LogP contribution in [0.5, 0.6) is 0 Å². The standard InChI is InChI=1S/C22H29N5O3.C4H8/c1-3-16(2)17-4-6-18(7-5-17)25-20-19(12-23)21(29)27(14-24-20)13-22(30)8-10-26(15-28)11-9-22;1-4-2-3-4/h4-7,12,14-16,23,25,30H,3,8-11,13H2,1-2H3;4H,2-3H2,1H3. The normalized spacial score (nSPS) is 17.8. The van der Waals surface area contributed by atoms with Gasteiger partial charge in [0.05, 0.1) is 18.5 Å². The number of piperidine rings is 1. The van der Waals surface area contributed by atoms with Crippen LogP contribution in [0.3, 0.4) is 0 Å². The van der Waals surface area contributed by atoms with Crippen LogP contribution in [0.15, 0.2) is 35.4 Å². The third kappa shape index (κ3) is 6.76. The lowest BCUT2D eigenvalue weighted by Crippen LogP contribution is -2.48. The zero-order chi connectivity index (χ0) is 24.7. The highest BCUT2D eigenvalue weighted by Gasteiger charge is 2.33. The van der Waals surface area contributed by atoms with Gasteiger partial charge >= 0.3 is 0 Å². The second kappa shape index (κ2) is 11.4. The van der Waals surface area contributed by atoms with E-state index in [9.17, 15) is 14.7 Å². The Morgan fingerprint density at radius 3 is 2.38 bits per heavy atom. The van der Waals surface area contributed by atoms with Gasteiger partial charge in [0, 0.05) is 25.0 Å². The van der Waals surface area contributed by atoms with Gasteiger partial charge in [-0.3, -0.25) is 14.2 Å². The van der Waals surface area contributed by atoms with Crippen LogP contribution in [0.1, 0.15) is 69.9 Å². The van der Waals surface area contributed by atoms with E-state index in [0.29, 0.717) is 37.7 Å².